The van der Waals surface area contributed by atoms with Crippen LogP contribution in [0.3, 0.4) is 0 Å². The summed E-state index contributed by atoms with van der Waals surface area (Å²) in [5, 5.41) is 10.5. The Bertz CT molecular complexity index is 1270. The summed E-state index contributed by atoms with van der Waals surface area (Å²) in [6, 6.07) is 3.98. The highest BCUT2D eigenvalue weighted by Gasteiger charge is 2.29. The summed E-state index contributed by atoms with van der Waals surface area (Å²) in [5.41, 5.74) is 5.08. The van der Waals surface area contributed by atoms with Gasteiger partial charge in [-0.15, -0.1) is 0 Å². The summed E-state index contributed by atoms with van der Waals surface area (Å²) >= 11 is 0. The molecule has 2 aliphatic heterocycles. The number of hydrogen-bond acceptors (Lipinski definition) is 8. The van der Waals surface area contributed by atoms with E-state index >= 15 is 0 Å². The number of carbonyl (C=O) groups excluding carboxylic acids is 1. The molecule has 0 bridgehead atoms. The third kappa shape index (κ3) is 6.65. The fraction of sp³-hybridized carbons (Fsp3) is 0.452. The zero-order valence-electron chi connectivity index (χ0n) is 24.3. The van der Waals surface area contributed by atoms with Crippen LogP contribution >= 0.6 is 0 Å². The second-order valence-corrected chi connectivity index (χ2v) is 10.6. The fourth-order valence-electron chi connectivity index (χ4n) is 5.36. The standard InChI is InChI=1S/C31H42N6O3/c1-7-10-11-23-18-24(38)19-28(22(23)4)37-13-12-26-27(21-37)32-31(40-25(8-2)20-34(5)6)33-30(26)36-16-14-35(15-17-36)29(39)9-3/h7,9-11,18-19,25,38H,1,3,8,12-17,20-21H2,2,4-6H3/b11-10-. The Kier molecular flexibility index (Phi) is 9.47. The van der Waals surface area contributed by atoms with Crippen molar-refractivity contribution in [2.75, 3.05) is 63.2 Å². The average Bonchev–Trinajstić information content (AvgIpc) is 2.95. The van der Waals surface area contributed by atoms with Gasteiger partial charge in [0.25, 0.3) is 0 Å². The number of amides is 1. The lowest BCUT2D eigenvalue weighted by atomic mass is 10.00. The van der Waals surface area contributed by atoms with Gasteiger partial charge < -0.3 is 29.4 Å². The van der Waals surface area contributed by atoms with Crippen molar-refractivity contribution in [1.82, 2.24) is 19.8 Å². The maximum Gasteiger partial charge on any atom is 0.318 e. The van der Waals surface area contributed by atoms with Crippen molar-refractivity contribution in [3.05, 3.63) is 65.9 Å². The van der Waals surface area contributed by atoms with E-state index in [0.717, 1.165) is 59.8 Å². The van der Waals surface area contributed by atoms with Gasteiger partial charge in [0.2, 0.25) is 5.91 Å². The van der Waals surface area contributed by atoms with E-state index in [1.54, 1.807) is 12.1 Å². The third-order valence-corrected chi connectivity index (χ3v) is 7.54. The maximum absolute atomic E-state index is 12.2. The monoisotopic (exact) mass is 546 g/mol. The first kappa shape index (κ1) is 29.1. The number of piperazine rings is 1. The molecule has 1 fully saturated rings. The Morgan fingerprint density at radius 1 is 1.15 bits per heavy atom. The van der Waals surface area contributed by atoms with Crippen molar-refractivity contribution in [1.29, 1.82) is 0 Å². The molecular weight excluding hydrogens is 504 g/mol. The molecule has 4 rings (SSSR count). The molecule has 1 amide bonds. The van der Waals surface area contributed by atoms with Gasteiger partial charge in [-0.05, 0) is 57.1 Å². The number of rotatable bonds is 10. The molecular formula is C31H42N6O3. The predicted molar refractivity (Wildman–Crippen MR) is 161 cm³/mol. The molecule has 2 aromatic rings. The normalized spacial score (nSPS) is 16.3. The number of hydrogen-bond donors (Lipinski definition) is 1. The Morgan fingerprint density at radius 2 is 1.90 bits per heavy atom. The minimum absolute atomic E-state index is 0.0322. The molecule has 2 aliphatic rings. The number of aromatic hydroxyl groups is 1. The summed E-state index contributed by atoms with van der Waals surface area (Å²) in [6.45, 7) is 16.3. The largest absolute Gasteiger partial charge is 0.508 e. The first-order valence-corrected chi connectivity index (χ1v) is 14.0. The predicted octanol–water partition coefficient (Wildman–Crippen LogP) is 3.81. The summed E-state index contributed by atoms with van der Waals surface area (Å²) in [4.78, 5) is 30.5. The number of allylic oxidation sites excluding steroid dienone is 2. The van der Waals surface area contributed by atoms with Crippen LogP contribution in [0.25, 0.3) is 6.08 Å². The van der Waals surface area contributed by atoms with Crippen LogP contribution in [0.1, 0.15) is 35.7 Å². The van der Waals surface area contributed by atoms with E-state index < -0.39 is 0 Å². The molecule has 1 N–H and O–H groups in total. The van der Waals surface area contributed by atoms with Crippen LogP contribution in [0.15, 0.2) is 43.5 Å². The second kappa shape index (κ2) is 13.0. The summed E-state index contributed by atoms with van der Waals surface area (Å²) < 4.78 is 6.35. The SMILES string of the molecule is C=C/C=C\c1cc(O)cc(N2CCc3c(nc(OC(CC)CN(C)C)nc3N3CCN(C(=O)C=C)CC3)C2)c1C. The third-order valence-electron chi connectivity index (χ3n) is 7.54. The molecule has 9 nitrogen and oxygen atoms in total. The van der Waals surface area contributed by atoms with E-state index in [1.165, 1.54) is 6.08 Å². The maximum atomic E-state index is 12.2. The van der Waals surface area contributed by atoms with Gasteiger partial charge in [0.05, 0.1) is 12.2 Å². The van der Waals surface area contributed by atoms with Crippen molar-refractivity contribution in [3.63, 3.8) is 0 Å². The molecule has 0 saturated carbocycles. The van der Waals surface area contributed by atoms with Crippen LogP contribution in [0, 0.1) is 6.92 Å². The quantitative estimate of drug-likeness (QED) is 0.356. The van der Waals surface area contributed by atoms with E-state index in [0.29, 0.717) is 38.7 Å². The summed E-state index contributed by atoms with van der Waals surface area (Å²) in [6.07, 6.45) is 8.51. The van der Waals surface area contributed by atoms with Crippen LogP contribution < -0.4 is 14.5 Å². The topological polar surface area (TPSA) is 85.3 Å². The highest BCUT2D eigenvalue weighted by Crippen LogP contribution is 2.35. The van der Waals surface area contributed by atoms with Gasteiger partial charge in [-0.3, -0.25) is 4.79 Å². The molecule has 0 spiro atoms. The number of aromatic nitrogens is 2. The Hall–Kier alpha value is -3.85. The van der Waals surface area contributed by atoms with E-state index in [-0.39, 0.29) is 17.8 Å². The lowest BCUT2D eigenvalue weighted by Crippen LogP contribution is -2.49. The van der Waals surface area contributed by atoms with Crippen LogP contribution in [-0.2, 0) is 17.8 Å². The van der Waals surface area contributed by atoms with E-state index in [2.05, 4.69) is 41.7 Å². The first-order valence-electron chi connectivity index (χ1n) is 14.0. The van der Waals surface area contributed by atoms with Crippen molar-refractivity contribution >= 4 is 23.5 Å². The molecule has 1 aromatic carbocycles. The molecule has 40 heavy (non-hydrogen) atoms. The van der Waals surface area contributed by atoms with E-state index in [4.69, 9.17) is 14.7 Å². The van der Waals surface area contributed by atoms with Gasteiger partial charge in [0.15, 0.2) is 0 Å². The van der Waals surface area contributed by atoms with Crippen LogP contribution in [0.2, 0.25) is 0 Å². The molecule has 1 aromatic heterocycles. The van der Waals surface area contributed by atoms with Gasteiger partial charge >= 0.3 is 6.01 Å². The van der Waals surface area contributed by atoms with Gasteiger partial charge in [-0.25, -0.2) is 0 Å². The van der Waals surface area contributed by atoms with Gasteiger partial charge in [0.1, 0.15) is 17.7 Å². The summed E-state index contributed by atoms with van der Waals surface area (Å²) in [7, 11) is 4.06. The highest BCUT2D eigenvalue weighted by atomic mass is 16.5. The van der Waals surface area contributed by atoms with E-state index in [1.807, 2.05) is 37.2 Å². The van der Waals surface area contributed by atoms with Crippen molar-refractivity contribution in [3.8, 4) is 11.8 Å². The molecule has 0 aliphatic carbocycles. The smallest absolute Gasteiger partial charge is 0.318 e. The minimum Gasteiger partial charge on any atom is -0.508 e. The molecule has 3 heterocycles. The number of ether oxygens (including phenoxy) is 1. The van der Waals surface area contributed by atoms with Gasteiger partial charge in [-0.1, -0.05) is 38.3 Å². The number of carbonyl (C=O) groups is 1. The number of likely N-dealkylation sites (N-methyl/N-ethyl adjacent to an activating group) is 1. The lowest BCUT2D eigenvalue weighted by Gasteiger charge is -2.38. The second-order valence-electron chi connectivity index (χ2n) is 10.6. The van der Waals surface area contributed by atoms with E-state index in [9.17, 15) is 9.90 Å². The molecule has 1 unspecified atom stereocenters. The minimum atomic E-state index is -0.0395. The number of anilines is 2. The highest BCUT2D eigenvalue weighted by molar-refractivity contribution is 5.87. The van der Waals surface area contributed by atoms with Gasteiger partial charge in [-0.2, -0.15) is 9.97 Å². The Labute approximate surface area is 238 Å². The lowest BCUT2D eigenvalue weighted by molar-refractivity contribution is -0.126. The Balaban J connectivity index is 1.68. The van der Waals surface area contributed by atoms with Gasteiger partial charge in [0, 0.05) is 56.6 Å². The fourth-order valence-corrected chi connectivity index (χ4v) is 5.36. The summed E-state index contributed by atoms with van der Waals surface area (Å²) in [5.74, 6) is 1.08. The van der Waals surface area contributed by atoms with Crippen LogP contribution in [0.5, 0.6) is 11.8 Å². The van der Waals surface area contributed by atoms with Crippen molar-refractivity contribution < 1.29 is 14.6 Å². The van der Waals surface area contributed by atoms with Crippen molar-refractivity contribution in [2.45, 2.75) is 39.3 Å². The molecule has 1 saturated heterocycles. The number of nitrogens with zero attached hydrogens (tertiary/aromatic N) is 6. The zero-order chi connectivity index (χ0) is 28.8. The molecule has 0 radical (unpaired) electrons. The van der Waals surface area contributed by atoms with Crippen LogP contribution in [-0.4, -0.2) is 90.2 Å². The number of fused-ring (bicyclic) bond motifs is 1. The number of phenols is 1. The average molecular weight is 547 g/mol. The first-order chi connectivity index (χ1) is 19.2. The zero-order valence-corrected chi connectivity index (χ0v) is 24.3. The van der Waals surface area contributed by atoms with Crippen molar-refractivity contribution in [2.24, 2.45) is 0 Å². The molecule has 214 valence electrons. The molecule has 1 atom stereocenters. The Morgan fingerprint density at radius 3 is 2.55 bits per heavy atom. The number of benzene rings is 1. The molecule has 9 heteroatoms. The number of phenolic OH excluding ortho intramolecular Hbond substituents is 1. The van der Waals surface area contributed by atoms with Crippen LogP contribution in [0.4, 0.5) is 11.5 Å².